The van der Waals surface area contributed by atoms with Crippen LogP contribution in [0.3, 0.4) is 0 Å². The third kappa shape index (κ3) is 5.03. The molecular weight excluding hydrogens is 331 g/mol. The van der Waals surface area contributed by atoms with Crippen LogP contribution in [0.5, 0.6) is 11.5 Å². The maximum Gasteiger partial charge on any atom is 0.427 e. The van der Waals surface area contributed by atoms with Crippen molar-refractivity contribution in [3.8, 4) is 11.5 Å². The predicted octanol–water partition coefficient (Wildman–Crippen LogP) is 2.74. The fraction of sp³-hybridized carbons (Fsp3) is 0.118. The molecule has 0 bridgehead atoms. The number of carbonyl (C=O) groups excluding carboxylic acids is 2. The van der Waals surface area contributed by atoms with Crippen molar-refractivity contribution in [1.82, 2.24) is 5.43 Å². The van der Waals surface area contributed by atoms with Gasteiger partial charge in [0, 0.05) is 0 Å². The van der Waals surface area contributed by atoms with Crippen molar-refractivity contribution in [3.05, 3.63) is 59.4 Å². The molecule has 1 N–H and O–H groups in total. The molecule has 0 radical (unpaired) electrons. The van der Waals surface area contributed by atoms with Crippen LogP contribution in [0.4, 0.5) is 9.18 Å². The lowest BCUT2D eigenvalue weighted by molar-refractivity contribution is 0.0729. The lowest BCUT2D eigenvalue weighted by Crippen LogP contribution is -2.16. The summed E-state index contributed by atoms with van der Waals surface area (Å²) in [4.78, 5) is 23.0. The zero-order chi connectivity index (χ0) is 18.2. The third-order valence-electron chi connectivity index (χ3n) is 3.03. The highest BCUT2D eigenvalue weighted by Gasteiger charge is 2.13. The zero-order valence-electron chi connectivity index (χ0n) is 13.5. The molecule has 0 saturated heterocycles. The summed E-state index contributed by atoms with van der Waals surface area (Å²) in [5, 5.41) is 3.69. The predicted molar refractivity (Wildman–Crippen MR) is 87.5 cm³/mol. The molecule has 0 aromatic heterocycles. The van der Waals surface area contributed by atoms with Crippen LogP contribution in [0.25, 0.3) is 0 Å². The minimum atomic E-state index is -0.701. The summed E-state index contributed by atoms with van der Waals surface area (Å²) < 4.78 is 27.7. The second kappa shape index (κ2) is 8.44. The highest BCUT2D eigenvalue weighted by Crippen LogP contribution is 2.28. The Labute approximate surface area is 143 Å². The normalized spacial score (nSPS) is 10.4. The lowest BCUT2D eigenvalue weighted by atomic mass is 10.2. The lowest BCUT2D eigenvalue weighted by Gasteiger charge is -2.10. The van der Waals surface area contributed by atoms with Gasteiger partial charge in [-0.15, -0.1) is 0 Å². The van der Waals surface area contributed by atoms with Crippen molar-refractivity contribution in [2.75, 3.05) is 14.2 Å². The number of amides is 1. The Morgan fingerprint density at radius 2 is 1.80 bits per heavy atom. The molecule has 1 amide bonds. The van der Waals surface area contributed by atoms with Crippen molar-refractivity contribution in [3.63, 3.8) is 0 Å². The molecule has 0 spiro atoms. The molecule has 0 aliphatic carbocycles. The van der Waals surface area contributed by atoms with E-state index in [4.69, 9.17) is 9.47 Å². The van der Waals surface area contributed by atoms with Crippen LogP contribution in [0.1, 0.15) is 15.9 Å². The topological polar surface area (TPSA) is 86.2 Å². The molecule has 25 heavy (non-hydrogen) atoms. The van der Waals surface area contributed by atoms with Gasteiger partial charge in [-0.2, -0.15) is 5.10 Å². The van der Waals surface area contributed by atoms with Crippen LogP contribution in [-0.4, -0.2) is 32.5 Å². The molecule has 7 nitrogen and oxygen atoms in total. The maximum absolute atomic E-state index is 12.9. The Hall–Kier alpha value is -3.42. The van der Waals surface area contributed by atoms with Crippen LogP contribution < -0.4 is 14.9 Å². The number of halogens is 1. The Bertz CT molecular complexity index is 790. The van der Waals surface area contributed by atoms with E-state index in [-0.39, 0.29) is 17.1 Å². The number of hydrogen-bond acceptors (Lipinski definition) is 6. The molecule has 2 rings (SSSR count). The van der Waals surface area contributed by atoms with E-state index in [0.29, 0.717) is 5.56 Å². The van der Waals surface area contributed by atoms with E-state index in [1.54, 1.807) is 12.1 Å². The number of ether oxygens (including phenoxy) is 3. The fourth-order valence-corrected chi connectivity index (χ4v) is 1.80. The Morgan fingerprint density at radius 1 is 1.08 bits per heavy atom. The van der Waals surface area contributed by atoms with Gasteiger partial charge in [-0.25, -0.2) is 19.4 Å². The smallest absolute Gasteiger partial charge is 0.427 e. The second-order valence-corrected chi connectivity index (χ2v) is 4.67. The molecule has 8 heteroatoms. The number of nitrogens with one attached hydrogen (secondary N) is 1. The van der Waals surface area contributed by atoms with Gasteiger partial charge in [0.25, 0.3) is 0 Å². The molecule has 2 aromatic carbocycles. The van der Waals surface area contributed by atoms with Gasteiger partial charge < -0.3 is 14.2 Å². The van der Waals surface area contributed by atoms with E-state index in [1.165, 1.54) is 50.8 Å². The summed E-state index contributed by atoms with van der Waals surface area (Å²) in [7, 11) is 2.64. The summed E-state index contributed by atoms with van der Waals surface area (Å²) in [5.41, 5.74) is 2.94. The first-order valence-electron chi connectivity index (χ1n) is 7.06. The van der Waals surface area contributed by atoms with Gasteiger partial charge in [0.2, 0.25) is 0 Å². The number of hydrogen-bond donors (Lipinski definition) is 1. The molecular formula is C17H15FN2O5. The van der Waals surface area contributed by atoms with Gasteiger partial charge >= 0.3 is 12.1 Å². The number of carbonyl (C=O) groups is 2. The van der Waals surface area contributed by atoms with Gasteiger partial charge in [-0.05, 0) is 48.0 Å². The third-order valence-corrected chi connectivity index (χ3v) is 3.03. The van der Waals surface area contributed by atoms with Crippen LogP contribution >= 0.6 is 0 Å². The van der Waals surface area contributed by atoms with Crippen LogP contribution in [-0.2, 0) is 4.74 Å². The molecule has 0 fully saturated rings. The Morgan fingerprint density at radius 3 is 2.44 bits per heavy atom. The van der Waals surface area contributed by atoms with E-state index >= 15 is 0 Å². The van der Waals surface area contributed by atoms with Crippen molar-refractivity contribution < 1.29 is 28.2 Å². The first-order valence-corrected chi connectivity index (χ1v) is 7.06. The Kier molecular flexibility index (Phi) is 6.05. The monoisotopic (exact) mass is 346 g/mol. The first kappa shape index (κ1) is 17.9. The molecule has 0 heterocycles. The van der Waals surface area contributed by atoms with Crippen molar-refractivity contribution in [2.45, 2.75) is 0 Å². The SMILES string of the molecule is COC(=O)N/N=C/c1ccc(OC(=O)c2ccc(F)cc2)c(OC)c1. The minimum absolute atomic E-state index is 0.190. The highest BCUT2D eigenvalue weighted by atomic mass is 19.1. The standard InChI is InChI=1S/C17H15FN2O5/c1-23-15-9-11(10-19-20-17(22)24-2)3-8-14(15)25-16(21)12-4-6-13(18)7-5-12/h3-10H,1-2H3,(H,20,22)/b19-10+. The quantitative estimate of drug-likeness (QED) is 0.389. The van der Waals surface area contributed by atoms with Gasteiger partial charge in [0.15, 0.2) is 11.5 Å². The number of methoxy groups -OCH3 is 2. The summed E-state index contributed by atoms with van der Waals surface area (Å²) in [6.45, 7) is 0. The highest BCUT2D eigenvalue weighted by molar-refractivity contribution is 5.91. The Balaban J connectivity index is 2.12. The van der Waals surface area contributed by atoms with Crippen molar-refractivity contribution in [1.29, 1.82) is 0 Å². The van der Waals surface area contributed by atoms with Crippen LogP contribution in [0, 0.1) is 5.82 Å². The number of hydrazone groups is 1. The van der Waals surface area contributed by atoms with Gasteiger partial charge in [-0.3, -0.25) is 0 Å². The average molecular weight is 346 g/mol. The zero-order valence-corrected chi connectivity index (χ0v) is 13.5. The molecule has 0 atom stereocenters. The molecule has 0 aliphatic heterocycles. The number of rotatable bonds is 5. The summed E-state index contributed by atoms with van der Waals surface area (Å²) in [5.74, 6) is -0.613. The fourth-order valence-electron chi connectivity index (χ4n) is 1.80. The molecule has 130 valence electrons. The van der Waals surface area contributed by atoms with E-state index < -0.39 is 17.9 Å². The number of nitrogens with zero attached hydrogens (tertiary/aromatic N) is 1. The van der Waals surface area contributed by atoms with Crippen LogP contribution in [0.2, 0.25) is 0 Å². The van der Waals surface area contributed by atoms with Gasteiger partial charge in [0.1, 0.15) is 5.82 Å². The second-order valence-electron chi connectivity index (χ2n) is 4.67. The number of benzene rings is 2. The molecule has 0 unspecified atom stereocenters. The maximum atomic E-state index is 12.9. The van der Waals surface area contributed by atoms with Crippen molar-refractivity contribution >= 4 is 18.3 Å². The van der Waals surface area contributed by atoms with E-state index in [9.17, 15) is 14.0 Å². The van der Waals surface area contributed by atoms with E-state index in [1.807, 2.05) is 0 Å². The molecule has 0 saturated carbocycles. The largest absolute Gasteiger partial charge is 0.493 e. The van der Waals surface area contributed by atoms with E-state index in [0.717, 1.165) is 0 Å². The van der Waals surface area contributed by atoms with Gasteiger partial charge in [0.05, 0.1) is 26.0 Å². The van der Waals surface area contributed by atoms with Crippen LogP contribution in [0.15, 0.2) is 47.6 Å². The molecule has 2 aromatic rings. The average Bonchev–Trinajstić information content (AvgIpc) is 2.63. The first-order chi connectivity index (χ1) is 12.0. The summed E-state index contributed by atoms with van der Waals surface area (Å²) in [6.07, 6.45) is 0.665. The summed E-state index contributed by atoms with van der Waals surface area (Å²) >= 11 is 0. The van der Waals surface area contributed by atoms with E-state index in [2.05, 4.69) is 15.3 Å². The van der Waals surface area contributed by atoms with Crippen molar-refractivity contribution in [2.24, 2.45) is 5.10 Å². The minimum Gasteiger partial charge on any atom is -0.493 e. The summed E-state index contributed by atoms with van der Waals surface area (Å²) in [6, 6.07) is 9.67. The van der Waals surface area contributed by atoms with Gasteiger partial charge in [-0.1, -0.05) is 0 Å². The molecule has 0 aliphatic rings. The number of esters is 1.